The predicted molar refractivity (Wildman–Crippen MR) is 92.9 cm³/mol. The van der Waals surface area contributed by atoms with E-state index >= 15 is 0 Å². The van der Waals surface area contributed by atoms with Gasteiger partial charge in [0.05, 0.1) is 0 Å². The van der Waals surface area contributed by atoms with Gasteiger partial charge in [-0.25, -0.2) is 9.97 Å². The fraction of sp³-hybridized carbons (Fsp3) is 0.737. The van der Waals surface area contributed by atoms with E-state index in [-0.39, 0.29) is 23.7 Å². The van der Waals surface area contributed by atoms with Crippen LogP contribution in [0.5, 0.6) is 0 Å². The Morgan fingerprint density at radius 2 is 1.78 bits per heavy atom. The number of nitrogens with one attached hydrogen (secondary N) is 1. The van der Waals surface area contributed by atoms with Crippen molar-refractivity contribution in [3.8, 4) is 0 Å². The molecule has 2 fully saturated rings. The number of carbonyl (C=O) groups excluding carboxylic acids is 1. The van der Waals surface area contributed by atoms with Gasteiger partial charge in [-0.15, -0.1) is 0 Å². The van der Waals surface area contributed by atoms with Crippen LogP contribution in [0.2, 0.25) is 0 Å². The lowest BCUT2D eigenvalue weighted by atomic mass is 9.84. The van der Waals surface area contributed by atoms with E-state index in [4.69, 9.17) is 0 Å². The number of likely N-dealkylation sites (tertiary alicyclic amines) is 1. The van der Waals surface area contributed by atoms with E-state index < -0.39 is 17.8 Å². The van der Waals surface area contributed by atoms with E-state index in [0.29, 0.717) is 43.5 Å². The SMILES string of the molecule is Cc1nc2c(c(C(F)(F)F)n1)CC(C(=O)N1CC[C@@H]3CNC[C@@H]3CC1)CC2. The first-order valence-electron chi connectivity index (χ1n) is 9.76. The molecule has 8 heteroatoms. The Hall–Kier alpha value is -1.70. The number of halogens is 3. The first-order valence-corrected chi connectivity index (χ1v) is 9.76. The molecule has 3 heterocycles. The van der Waals surface area contributed by atoms with Crippen molar-refractivity contribution in [2.45, 2.75) is 45.2 Å². The van der Waals surface area contributed by atoms with E-state index in [2.05, 4.69) is 15.3 Å². The largest absolute Gasteiger partial charge is 0.433 e. The number of alkyl halides is 3. The van der Waals surface area contributed by atoms with Crippen molar-refractivity contribution in [1.82, 2.24) is 20.2 Å². The first-order chi connectivity index (χ1) is 12.8. The molecule has 148 valence electrons. The Bertz CT molecular complexity index is 722. The highest BCUT2D eigenvalue weighted by molar-refractivity contribution is 5.79. The average Bonchev–Trinajstić information content (AvgIpc) is 2.97. The highest BCUT2D eigenvalue weighted by Gasteiger charge is 2.41. The molecule has 0 radical (unpaired) electrons. The van der Waals surface area contributed by atoms with Gasteiger partial charge in [-0.2, -0.15) is 13.2 Å². The lowest BCUT2D eigenvalue weighted by Crippen LogP contribution is -2.40. The maximum Gasteiger partial charge on any atom is 0.433 e. The van der Waals surface area contributed by atoms with Gasteiger partial charge in [-0.3, -0.25) is 4.79 Å². The van der Waals surface area contributed by atoms with Crippen LogP contribution >= 0.6 is 0 Å². The molecule has 1 unspecified atom stereocenters. The molecule has 1 aromatic rings. The Morgan fingerprint density at radius 1 is 1.11 bits per heavy atom. The van der Waals surface area contributed by atoms with E-state index in [0.717, 1.165) is 25.9 Å². The third-order valence-electron chi connectivity index (χ3n) is 6.33. The molecule has 0 aromatic carbocycles. The van der Waals surface area contributed by atoms with E-state index in [1.165, 1.54) is 6.92 Å². The number of aryl methyl sites for hydroxylation is 2. The van der Waals surface area contributed by atoms with Gasteiger partial charge in [-0.1, -0.05) is 0 Å². The van der Waals surface area contributed by atoms with Gasteiger partial charge in [-0.05, 0) is 64.0 Å². The zero-order valence-electron chi connectivity index (χ0n) is 15.5. The summed E-state index contributed by atoms with van der Waals surface area (Å²) in [6, 6.07) is 0. The van der Waals surface area contributed by atoms with Crippen molar-refractivity contribution in [2.24, 2.45) is 17.8 Å². The Kier molecular flexibility index (Phi) is 4.86. The minimum absolute atomic E-state index is 0.00211. The summed E-state index contributed by atoms with van der Waals surface area (Å²) in [6.45, 7) is 4.92. The summed E-state index contributed by atoms with van der Waals surface area (Å²) < 4.78 is 40.3. The third-order valence-corrected chi connectivity index (χ3v) is 6.33. The number of aromatic nitrogens is 2. The summed E-state index contributed by atoms with van der Waals surface area (Å²) >= 11 is 0. The Morgan fingerprint density at radius 3 is 2.41 bits per heavy atom. The fourth-order valence-corrected chi connectivity index (χ4v) is 4.88. The predicted octanol–water partition coefficient (Wildman–Crippen LogP) is 2.37. The van der Waals surface area contributed by atoms with Crippen LogP contribution in [0.25, 0.3) is 0 Å². The van der Waals surface area contributed by atoms with Crippen LogP contribution in [0, 0.1) is 24.7 Å². The molecule has 3 aliphatic rings. The van der Waals surface area contributed by atoms with Crippen LogP contribution < -0.4 is 5.32 Å². The standard InChI is InChI=1S/C19H25F3N4O/c1-11-24-16-3-2-12(8-15(16)17(25-11)19(20,21)22)18(27)26-6-4-13-9-23-10-14(13)5-7-26/h12-14,23H,2-10H2,1H3/t12?,13-,14+. The summed E-state index contributed by atoms with van der Waals surface area (Å²) in [4.78, 5) is 22.8. The van der Waals surface area contributed by atoms with Crippen molar-refractivity contribution in [3.63, 3.8) is 0 Å². The van der Waals surface area contributed by atoms with E-state index in [1.54, 1.807) is 0 Å². The smallest absolute Gasteiger partial charge is 0.342 e. The normalized spacial score (nSPS) is 28.4. The van der Waals surface area contributed by atoms with Gasteiger partial charge in [0.1, 0.15) is 5.82 Å². The third kappa shape index (κ3) is 3.68. The number of hydrogen-bond donors (Lipinski definition) is 1. The molecular formula is C19H25F3N4O. The van der Waals surface area contributed by atoms with Gasteiger partial charge in [0.15, 0.2) is 5.69 Å². The second-order valence-corrected chi connectivity index (χ2v) is 8.06. The number of rotatable bonds is 1. The van der Waals surface area contributed by atoms with Gasteiger partial charge >= 0.3 is 6.18 Å². The van der Waals surface area contributed by atoms with Crippen LogP contribution in [0.1, 0.15) is 42.0 Å². The zero-order chi connectivity index (χ0) is 19.2. The molecular weight excluding hydrogens is 357 g/mol. The maximum absolute atomic E-state index is 13.4. The van der Waals surface area contributed by atoms with Crippen LogP contribution in [0.3, 0.4) is 0 Å². The lowest BCUT2D eigenvalue weighted by Gasteiger charge is -2.30. The van der Waals surface area contributed by atoms with Crippen LogP contribution in [0.15, 0.2) is 0 Å². The molecule has 1 aliphatic carbocycles. The number of fused-ring (bicyclic) bond motifs is 2. The second kappa shape index (κ2) is 7.04. The molecule has 2 saturated heterocycles. The number of hydrogen-bond acceptors (Lipinski definition) is 4. The van der Waals surface area contributed by atoms with Crippen molar-refractivity contribution in [1.29, 1.82) is 0 Å². The summed E-state index contributed by atoms with van der Waals surface area (Å²) in [6.07, 6.45) is -1.51. The highest BCUT2D eigenvalue weighted by Crippen LogP contribution is 2.37. The first kappa shape index (κ1) is 18.7. The Balaban J connectivity index is 1.51. The van der Waals surface area contributed by atoms with E-state index in [9.17, 15) is 18.0 Å². The van der Waals surface area contributed by atoms with Crippen LogP contribution in [-0.4, -0.2) is 47.0 Å². The van der Waals surface area contributed by atoms with Gasteiger partial charge in [0, 0.05) is 30.3 Å². The minimum atomic E-state index is -4.52. The molecule has 5 nitrogen and oxygen atoms in total. The van der Waals surface area contributed by atoms with Crippen molar-refractivity contribution < 1.29 is 18.0 Å². The fourth-order valence-electron chi connectivity index (χ4n) is 4.88. The summed E-state index contributed by atoms with van der Waals surface area (Å²) in [7, 11) is 0. The molecule has 0 saturated carbocycles. The highest BCUT2D eigenvalue weighted by atomic mass is 19.4. The summed E-state index contributed by atoms with van der Waals surface area (Å²) in [5.41, 5.74) is -0.289. The van der Waals surface area contributed by atoms with Gasteiger partial charge in [0.2, 0.25) is 5.91 Å². The second-order valence-electron chi connectivity index (χ2n) is 8.06. The van der Waals surface area contributed by atoms with Crippen LogP contribution in [0.4, 0.5) is 13.2 Å². The molecule has 0 spiro atoms. The van der Waals surface area contributed by atoms with Crippen LogP contribution in [-0.2, 0) is 23.8 Å². The summed E-state index contributed by atoms with van der Waals surface area (Å²) in [5.74, 6) is 0.966. The monoisotopic (exact) mass is 382 g/mol. The van der Waals surface area contributed by atoms with Gasteiger partial charge < -0.3 is 10.2 Å². The summed E-state index contributed by atoms with van der Waals surface area (Å²) in [5, 5.41) is 3.41. The number of amides is 1. The number of carbonyl (C=O) groups is 1. The molecule has 4 rings (SSSR count). The molecule has 0 bridgehead atoms. The molecule has 2 aliphatic heterocycles. The molecule has 1 aromatic heterocycles. The zero-order valence-corrected chi connectivity index (χ0v) is 15.5. The van der Waals surface area contributed by atoms with Crippen molar-refractivity contribution in [2.75, 3.05) is 26.2 Å². The van der Waals surface area contributed by atoms with Gasteiger partial charge in [0.25, 0.3) is 0 Å². The molecule has 1 amide bonds. The van der Waals surface area contributed by atoms with Crippen molar-refractivity contribution in [3.05, 3.63) is 22.8 Å². The average molecular weight is 382 g/mol. The lowest BCUT2D eigenvalue weighted by molar-refractivity contribution is -0.143. The molecule has 27 heavy (non-hydrogen) atoms. The molecule has 1 N–H and O–H groups in total. The quantitative estimate of drug-likeness (QED) is 0.810. The number of nitrogens with zero attached hydrogens (tertiary/aromatic N) is 3. The topological polar surface area (TPSA) is 58.1 Å². The molecule has 3 atom stereocenters. The van der Waals surface area contributed by atoms with Crippen molar-refractivity contribution >= 4 is 5.91 Å². The Labute approximate surface area is 156 Å². The maximum atomic E-state index is 13.4. The van der Waals surface area contributed by atoms with E-state index in [1.807, 2.05) is 4.90 Å². The minimum Gasteiger partial charge on any atom is -0.342 e.